The predicted molar refractivity (Wildman–Crippen MR) is 115 cm³/mol. The molecule has 1 aromatic heterocycles. The molecule has 0 saturated carbocycles. The summed E-state index contributed by atoms with van der Waals surface area (Å²) in [6.07, 6.45) is -1.12. The summed E-state index contributed by atoms with van der Waals surface area (Å²) in [7, 11) is 1.73. The summed E-state index contributed by atoms with van der Waals surface area (Å²) in [4.78, 5) is 37.9. The molecule has 0 unspecified atom stereocenters. The number of nitrogens with one attached hydrogen (secondary N) is 1. The molecule has 3 aromatic rings. The zero-order valence-electron chi connectivity index (χ0n) is 17.3. The molecule has 0 aliphatic rings. The van der Waals surface area contributed by atoms with E-state index < -0.39 is 18.0 Å². The maximum Gasteiger partial charge on any atom is 0.341 e. The minimum absolute atomic E-state index is 0.129. The van der Waals surface area contributed by atoms with Gasteiger partial charge in [-0.25, -0.2) is 9.48 Å². The van der Waals surface area contributed by atoms with Gasteiger partial charge in [0.2, 0.25) is 0 Å². The Hall–Kier alpha value is -3.81. The number of nitrogens with zero attached hydrogens (tertiary/aromatic N) is 2. The first kappa shape index (κ1) is 20.9. The van der Waals surface area contributed by atoms with Gasteiger partial charge in [-0.15, -0.1) is 0 Å². The van der Waals surface area contributed by atoms with Crippen molar-refractivity contribution in [2.24, 2.45) is 7.05 Å². The number of esters is 1. The third-order valence-electron chi connectivity index (χ3n) is 5.00. The summed E-state index contributed by atoms with van der Waals surface area (Å²) in [5, 5.41) is 2.59. The van der Waals surface area contributed by atoms with E-state index in [1.54, 1.807) is 49.8 Å². The van der Waals surface area contributed by atoms with Crippen molar-refractivity contribution >= 4 is 23.3 Å². The molecule has 0 bridgehead atoms. The number of ether oxygens (including phenoxy) is 1. The Kier molecular flexibility index (Phi) is 5.77. The van der Waals surface area contributed by atoms with Crippen LogP contribution in [0, 0.1) is 13.8 Å². The lowest BCUT2D eigenvalue weighted by Crippen LogP contribution is -2.32. The number of nitrogen functional groups attached to an aromatic ring is 1. The molecule has 0 saturated heterocycles. The molecular formula is C22H24N4O4. The van der Waals surface area contributed by atoms with Crippen molar-refractivity contribution in [1.29, 1.82) is 0 Å². The molecule has 0 aliphatic carbocycles. The van der Waals surface area contributed by atoms with Gasteiger partial charge in [-0.2, -0.15) is 0 Å². The molecule has 30 heavy (non-hydrogen) atoms. The van der Waals surface area contributed by atoms with E-state index in [-0.39, 0.29) is 16.8 Å². The Balaban J connectivity index is 1.80. The molecule has 3 N–H and O–H groups in total. The van der Waals surface area contributed by atoms with Gasteiger partial charge in [0, 0.05) is 12.7 Å². The van der Waals surface area contributed by atoms with Gasteiger partial charge in [-0.05, 0) is 44.5 Å². The largest absolute Gasteiger partial charge is 0.449 e. The van der Waals surface area contributed by atoms with Crippen LogP contribution in [0.25, 0.3) is 5.69 Å². The molecule has 0 aliphatic heterocycles. The van der Waals surface area contributed by atoms with Crippen molar-refractivity contribution in [1.82, 2.24) is 9.36 Å². The number of amides is 1. The van der Waals surface area contributed by atoms with E-state index in [9.17, 15) is 14.4 Å². The third-order valence-corrected chi connectivity index (χ3v) is 5.00. The summed E-state index contributed by atoms with van der Waals surface area (Å²) in [6.45, 7) is 4.94. The first-order chi connectivity index (χ1) is 14.2. The number of aromatic nitrogens is 2. The normalized spacial score (nSPS) is 11.7. The van der Waals surface area contributed by atoms with Crippen molar-refractivity contribution in [3.05, 3.63) is 75.7 Å². The number of aryl methyl sites for hydroxylation is 1. The zero-order chi connectivity index (χ0) is 22.0. The highest BCUT2D eigenvalue weighted by Crippen LogP contribution is 2.19. The minimum Gasteiger partial charge on any atom is -0.449 e. The van der Waals surface area contributed by atoms with E-state index in [4.69, 9.17) is 10.5 Å². The van der Waals surface area contributed by atoms with Crippen LogP contribution >= 0.6 is 0 Å². The lowest BCUT2D eigenvalue weighted by atomic mass is 10.1. The van der Waals surface area contributed by atoms with Gasteiger partial charge in [-0.1, -0.05) is 30.3 Å². The molecule has 3 rings (SSSR count). The second-order valence-corrected chi connectivity index (χ2v) is 7.01. The number of hydrogen-bond acceptors (Lipinski definition) is 5. The summed E-state index contributed by atoms with van der Waals surface area (Å²) >= 11 is 0. The topological polar surface area (TPSA) is 108 Å². The van der Waals surface area contributed by atoms with Gasteiger partial charge in [-0.3, -0.25) is 14.3 Å². The molecule has 156 valence electrons. The van der Waals surface area contributed by atoms with Crippen LogP contribution in [0.15, 0.2) is 53.3 Å². The fourth-order valence-corrected chi connectivity index (χ4v) is 3.07. The number of anilines is 2. The molecule has 1 amide bonds. The first-order valence-corrected chi connectivity index (χ1v) is 9.43. The maximum atomic E-state index is 12.9. The van der Waals surface area contributed by atoms with E-state index in [1.807, 2.05) is 18.2 Å². The van der Waals surface area contributed by atoms with E-state index in [0.29, 0.717) is 17.1 Å². The average Bonchev–Trinajstić information content (AvgIpc) is 2.93. The van der Waals surface area contributed by atoms with E-state index in [0.717, 1.165) is 5.56 Å². The Morgan fingerprint density at radius 2 is 1.73 bits per heavy atom. The number of carbonyl (C=O) groups is 2. The predicted octanol–water partition coefficient (Wildman–Crippen LogP) is 2.56. The van der Waals surface area contributed by atoms with Crippen LogP contribution in [0.5, 0.6) is 0 Å². The standard InChI is InChI=1S/C22H24N4O4/c1-13-9-8-12-17(18(13)23)22(29)30-15(3)20(27)24-19-14(2)25(4)26(21(19)28)16-10-6-5-7-11-16/h5-12,15H,23H2,1-4H3,(H,24,27)/t15-/m0/s1. The average molecular weight is 408 g/mol. The smallest absolute Gasteiger partial charge is 0.341 e. The zero-order valence-corrected chi connectivity index (χ0v) is 17.3. The second kappa shape index (κ2) is 8.28. The SMILES string of the molecule is Cc1cccc(C(=O)O[C@@H](C)C(=O)Nc2c(C)n(C)n(-c3ccccc3)c2=O)c1N. The minimum atomic E-state index is -1.12. The molecular weight excluding hydrogens is 384 g/mol. The second-order valence-electron chi connectivity index (χ2n) is 7.01. The van der Waals surface area contributed by atoms with Crippen LogP contribution in [0.2, 0.25) is 0 Å². The molecule has 1 heterocycles. The maximum absolute atomic E-state index is 12.9. The van der Waals surface area contributed by atoms with Gasteiger partial charge < -0.3 is 15.8 Å². The summed E-state index contributed by atoms with van der Waals surface area (Å²) in [5.74, 6) is -1.31. The fourth-order valence-electron chi connectivity index (χ4n) is 3.07. The van der Waals surface area contributed by atoms with E-state index >= 15 is 0 Å². The van der Waals surface area contributed by atoms with E-state index in [2.05, 4.69) is 5.32 Å². The lowest BCUT2D eigenvalue weighted by Gasteiger charge is -2.14. The van der Waals surface area contributed by atoms with Gasteiger partial charge >= 0.3 is 5.97 Å². The molecule has 8 heteroatoms. The van der Waals surface area contributed by atoms with Crippen LogP contribution in [0.4, 0.5) is 11.4 Å². The molecule has 0 radical (unpaired) electrons. The van der Waals surface area contributed by atoms with Crippen LogP contribution in [-0.2, 0) is 16.6 Å². The van der Waals surface area contributed by atoms with Crippen molar-refractivity contribution in [2.75, 3.05) is 11.1 Å². The fraction of sp³-hybridized carbons (Fsp3) is 0.227. The van der Waals surface area contributed by atoms with Crippen molar-refractivity contribution in [2.45, 2.75) is 26.9 Å². The highest BCUT2D eigenvalue weighted by Gasteiger charge is 2.24. The number of nitrogens with two attached hydrogens (primary N) is 1. The number of hydrogen-bond donors (Lipinski definition) is 2. The van der Waals surface area contributed by atoms with Gasteiger partial charge in [0.1, 0.15) is 5.69 Å². The number of carbonyl (C=O) groups excluding carboxylic acids is 2. The lowest BCUT2D eigenvalue weighted by molar-refractivity contribution is -0.123. The van der Waals surface area contributed by atoms with E-state index in [1.165, 1.54) is 17.7 Å². The van der Waals surface area contributed by atoms with Crippen molar-refractivity contribution in [3.63, 3.8) is 0 Å². The molecule has 1 atom stereocenters. The van der Waals surface area contributed by atoms with Crippen LogP contribution < -0.4 is 16.6 Å². The molecule has 0 spiro atoms. The van der Waals surface area contributed by atoms with Gasteiger partial charge in [0.25, 0.3) is 11.5 Å². The Morgan fingerprint density at radius 1 is 1.07 bits per heavy atom. The molecule has 0 fully saturated rings. The van der Waals surface area contributed by atoms with Gasteiger partial charge in [0.15, 0.2) is 6.10 Å². The number of benzene rings is 2. The Labute approximate surface area is 173 Å². The van der Waals surface area contributed by atoms with Crippen LogP contribution in [0.1, 0.15) is 28.5 Å². The third kappa shape index (κ3) is 3.84. The molecule has 2 aromatic carbocycles. The number of para-hydroxylation sites is 2. The van der Waals surface area contributed by atoms with Crippen molar-refractivity contribution in [3.8, 4) is 5.69 Å². The Morgan fingerprint density at radius 3 is 2.40 bits per heavy atom. The van der Waals surface area contributed by atoms with Gasteiger partial charge in [0.05, 0.1) is 16.9 Å². The van der Waals surface area contributed by atoms with Crippen molar-refractivity contribution < 1.29 is 14.3 Å². The first-order valence-electron chi connectivity index (χ1n) is 9.43. The number of rotatable bonds is 5. The quantitative estimate of drug-likeness (QED) is 0.498. The summed E-state index contributed by atoms with van der Waals surface area (Å²) in [5.41, 5.74) is 8.15. The Bertz CT molecular complexity index is 1160. The highest BCUT2D eigenvalue weighted by atomic mass is 16.5. The summed E-state index contributed by atoms with van der Waals surface area (Å²) in [6, 6.07) is 14.1. The highest BCUT2D eigenvalue weighted by molar-refractivity contribution is 6.00. The monoisotopic (exact) mass is 408 g/mol. The molecule has 8 nitrogen and oxygen atoms in total. The van der Waals surface area contributed by atoms with Crippen LogP contribution in [0.3, 0.4) is 0 Å². The summed E-state index contributed by atoms with van der Waals surface area (Å²) < 4.78 is 8.36. The van der Waals surface area contributed by atoms with Crippen LogP contribution in [-0.4, -0.2) is 27.3 Å².